The van der Waals surface area contributed by atoms with E-state index in [9.17, 15) is 14.7 Å². The summed E-state index contributed by atoms with van der Waals surface area (Å²) in [5, 5.41) is 9.26. The second-order valence-electron chi connectivity index (χ2n) is 6.59. The number of ketones is 2. The van der Waals surface area contributed by atoms with E-state index < -0.39 is 12.0 Å². The molecule has 0 saturated carbocycles. The molecule has 0 aliphatic carbocycles. The van der Waals surface area contributed by atoms with Crippen molar-refractivity contribution in [2.24, 2.45) is 11.7 Å². The van der Waals surface area contributed by atoms with E-state index in [1.807, 2.05) is 0 Å². The van der Waals surface area contributed by atoms with Crippen molar-refractivity contribution in [1.29, 1.82) is 0 Å². The molecule has 0 bridgehead atoms. The Kier molecular flexibility index (Phi) is 14.4. The van der Waals surface area contributed by atoms with Crippen LogP contribution in [0.5, 0.6) is 0 Å². The van der Waals surface area contributed by atoms with Crippen LogP contribution in [0.15, 0.2) is 0 Å². The predicted molar refractivity (Wildman–Crippen MR) is 95.3 cm³/mol. The van der Waals surface area contributed by atoms with Gasteiger partial charge in [0.15, 0.2) is 0 Å². The molecule has 0 aromatic rings. The molecule has 136 valence electrons. The molecule has 0 aromatic heterocycles. The van der Waals surface area contributed by atoms with Crippen molar-refractivity contribution in [3.05, 3.63) is 0 Å². The topological polar surface area (TPSA) is 80.4 Å². The van der Waals surface area contributed by atoms with Crippen molar-refractivity contribution >= 4 is 11.6 Å². The number of aliphatic hydroxyl groups is 1. The highest BCUT2D eigenvalue weighted by molar-refractivity contribution is 6.03. The first-order chi connectivity index (χ1) is 11.1. The van der Waals surface area contributed by atoms with Crippen LogP contribution in [0.4, 0.5) is 0 Å². The molecule has 1 unspecified atom stereocenters. The molecule has 4 heteroatoms. The monoisotopic (exact) mass is 327 g/mol. The van der Waals surface area contributed by atoms with Crippen molar-refractivity contribution in [1.82, 2.24) is 0 Å². The zero-order valence-corrected chi connectivity index (χ0v) is 15.2. The van der Waals surface area contributed by atoms with Gasteiger partial charge < -0.3 is 10.8 Å². The highest BCUT2D eigenvalue weighted by Crippen LogP contribution is 2.16. The molecule has 0 rings (SSSR count). The molecule has 0 heterocycles. The van der Waals surface area contributed by atoms with Gasteiger partial charge in [0.1, 0.15) is 11.6 Å². The summed E-state index contributed by atoms with van der Waals surface area (Å²) in [5.74, 6) is -0.972. The lowest BCUT2D eigenvalue weighted by molar-refractivity contribution is -0.134. The second kappa shape index (κ2) is 14.8. The highest BCUT2D eigenvalue weighted by atomic mass is 16.3. The zero-order valence-electron chi connectivity index (χ0n) is 15.2. The summed E-state index contributed by atoms with van der Waals surface area (Å²) >= 11 is 0. The van der Waals surface area contributed by atoms with Crippen molar-refractivity contribution < 1.29 is 14.7 Å². The molecule has 0 amide bonds. The molecule has 0 fully saturated rings. The lowest BCUT2D eigenvalue weighted by Gasteiger charge is -2.20. The van der Waals surface area contributed by atoms with Crippen molar-refractivity contribution in [2.75, 3.05) is 6.61 Å². The summed E-state index contributed by atoms with van der Waals surface area (Å²) in [6.07, 6.45) is 11.5. The lowest BCUT2D eigenvalue weighted by atomic mass is 9.86. The van der Waals surface area contributed by atoms with Crippen LogP contribution in [-0.2, 0) is 9.59 Å². The Bertz CT molecular complexity index is 292. The molecule has 3 N–H and O–H groups in total. The molecular weight excluding hydrogens is 290 g/mol. The molecule has 23 heavy (non-hydrogen) atoms. The number of hydrogen-bond acceptors (Lipinski definition) is 4. The summed E-state index contributed by atoms with van der Waals surface area (Å²) in [7, 11) is 0. The van der Waals surface area contributed by atoms with Gasteiger partial charge in [-0.25, -0.2) is 0 Å². The smallest absolute Gasteiger partial charge is 0.145 e. The molecule has 0 aliphatic rings. The van der Waals surface area contributed by atoms with Crippen molar-refractivity contribution in [3.63, 3.8) is 0 Å². The number of carbonyl (C=O) groups is 2. The first-order valence-corrected chi connectivity index (χ1v) is 9.50. The van der Waals surface area contributed by atoms with E-state index in [0.717, 1.165) is 38.5 Å². The normalized spacial score (nSPS) is 12.6. The molecule has 4 nitrogen and oxygen atoms in total. The number of carbonyl (C=O) groups excluding carboxylic acids is 2. The molecule has 0 saturated heterocycles. The standard InChI is InChI=1S/C19H37NO3/c1-3-5-7-9-11-13-17(22)19(16(20)15-21)18(23)14-12-10-8-6-4-2/h16,19,21H,3-15,20H2,1-2H3. The second-order valence-corrected chi connectivity index (χ2v) is 6.59. The Morgan fingerprint density at radius 1 is 0.783 bits per heavy atom. The van der Waals surface area contributed by atoms with E-state index in [1.54, 1.807) is 0 Å². The SMILES string of the molecule is CCCCCCCC(=O)C(C(=O)CCCCCCC)C(N)CO. The van der Waals surface area contributed by atoms with Gasteiger partial charge in [0.2, 0.25) is 0 Å². The maximum Gasteiger partial charge on any atom is 0.145 e. The summed E-state index contributed by atoms with van der Waals surface area (Å²) < 4.78 is 0. The Hall–Kier alpha value is -0.740. The van der Waals surface area contributed by atoms with Crippen molar-refractivity contribution in [2.45, 2.75) is 96.9 Å². The van der Waals surface area contributed by atoms with Gasteiger partial charge in [-0.2, -0.15) is 0 Å². The van der Waals surface area contributed by atoms with Crippen LogP contribution in [0, 0.1) is 5.92 Å². The number of aliphatic hydroxyl groups excluding tert-OH is 1. The maximum absolute atomic E-state index is 12.3. The van der Waals surface area contributed by atoms with Gasteiger partial charge in [0, 0.05) is 18.9 Å². The Morgan fingerprint density at radius 3 is 1.52 bits per heavy atom. The third-order valence-corrected chi connectivity index (χ3v) is 4.39. The fourth-order valence-corrected chi connectivity index (χ4v) is 2.88. The Labute approximate surface area is 142 Å². The van der Waals surface area contributed by atoms with Crippen LogP contribution in [0.1, 0.15) is 90.9 Å². The summed E-state index contributed by atoms with van der Waals surface area (Å²) in [5.41, 5.74) is 5.83. The third-order valence-electron chi connectivity index (χ3n) is 4.39. The number of Topliss-reactive ketones (excluding diaryl/α,β-unsaturated/α-hetero) is 2. The van der Waals surface area contributed by atoms with Gasteiger partial charge in [-0.15, -0.1) is 0 Å². The number of rotatable bonds is 16. The maximum atomic E-state index is 12.3. The summed E-state index contributed by atoms with van der Waals surface area (Å²) in [4.78, 5) is 24.7. The van der Waals surface area contributed by atoms with Gasteiger partial charge in [0.05, 0.1) is 12.5 Å². The average molecular weight is 328 g/mol. The Morgan fingerprint density at radius 2 is 1.17 bits per heavy atom. The van der Waals surface area contributed by atoms with Gasteiger partial charge in [0.25, 0.3) is 0 Å². The van der Waals surface area contributed by atoms with Crippen molar-refractivity contribution in [3.8, 4) is 0 Å². The lowest BCUT2D eigenvalue weighted by Crippen LogP contribution is -2.43. The van der Waals surface area contributed by atoms with Gasteiger partial charge >= 0.3 is 0 Å². The number of nitrogens with two attached hydrogens (primary N) is 1. The minimum Gasteiger partial charge on any atom is -0.395 e. The predicted octanol–water partition coefficient (Wildman–Crippen LogP) is 3.78. The fraction of sp³-hybridized carbons (Fsp3) is 0.895. The number of hydrogen-bond donors (Lipinski definition) is 2. The first-order valence-electron chi connectivity index (χ1n) is 9.50. The quantitative estimate of drug-likeness (QED) is 0.334. The van der Waals surface area contributed by atoms with E-state index in [1.165, 1.54) is 25.7 Å². The van der Waals surface area contributed by atoms with Gasteiger partial charge in [-0.3, -0.25) is 9.59 Å². The zero-order chi connectivity index (χ0) is 17.5. The molecule has 0 aromatic carbocycles. The molecule has 0 spiro atoms. The van der Waals surface area contributed by atoms with Crippen LogP contribution >= 0.6 is 0 Å². The van der Waals surface area contributed by atoms with Crippen LogP contribution in [0.3, 0.4) is 0 Å². The summed E-state index contributed by atoms with van der Waals surface area (Å²) in [6.45, 7) is 4.00. The summed E-state index contributed by atoms with van der Waals surface area (Å²) in [6, 6.07) is -0.749. The van der Waals surface area contributed by atoms with Crippen LogP contribution < -0.4 is 5.73 Å². The van der Waals surface area contributed by atoms with E-state index in [4.69, 9.17) is 5.73 Å². The Balaban J connectivity index is 4.27. The minimum absolute atomic E-state index is 0.0818. The number of unbranched alkanes of at least 4 members (excludes halogenated alkanes) is 8. The largest absolute Gasteiger partial charge is 0.395 e. The van der Waals surface area contributed by atoms with E-state index in [0.29, 0.717) is 12.8 Å². The molecular formula is C19H37NO3. The van der Waals surface area contributed by atoms with E-state index >= 15 is 0 Å². The molecule has 0 radical (unpaired) electrons. The fourth-order valence-electron chi connectivity index (χ4n) is 2.88. The highest BCUT2D eigenvalue weighted by Gasteiger charge is 2.30. The third kappa shape index (κ3) is 10.6. The molecule has 1 atom stereocenters. The van der Waals surface area contributed by atoms with Crippen LogP contribution in [0.25, 0.3) is 0 Å². The average Bonchev–Trinajstić information content (AvgIpc) is 2.54. The van der Waals surface area contributed by atoms with Gasteiger partial charge in [-0.05, 0) is 12.8 Å². The first kappa shape index (κ1) is 22.3. The van der Waals surface area contributed by atoms with Gasteiger partial charge in [-0.1, -0.05) is 65.2 Å². The molecule has 0 aliphatic heterocycles. The van der Waals surface area contributed by atoms with Crippen LogP contribution in [-0.4, -0.2) is 29.3 Å². The van der Waals surface area contributed by atoms with E-state index in [2.05, 4.69) is 13.8 Å². The van der Waals surface area contributed by atoms with Crippen LogP contribution in [0.2, 0.25) is 0 Å². The minimum atomic E-state index is -0.808. The van der Waals surface area contributed by atoms with E-state index in [-0.39, 0.29) is 18.2 Å².